The summed E-state index contributed by atoms with van der Waals surface area (Å²) in [6.45, 7) is 1.64. The molecule has 0 amide bonds. The molecule has 0 saturated heterocycles. The third kappa shape index (κ3) is 2.26. The van der Waals surface area contributed by atoms with Crippen LogP contribution in [0.1, 0.15) is 12.6 Å². The molecule has 0 saturated carbocycles. The minimum atomic E-state index is -2.21. The molecule has 0 bridgehead atoms. The Morgan fingerprint density at radius 2 is 2.18 bits per heavy atom. The maximum Gasteiger partial charge on any atom is 0.356 e. The lowest BCUT2D eigenvalue weighted by Crippen LogP contribution is -2.47. The molecule has 92 valence electrons. The number of nitrogens with zero attached hydrogens (tertiary/aromatic N) is 1. The molecular formula is C11H13NO5. The van der Waals surface area contributed by atoms with E-state index in [1.54, 1.807) is 19.1 Å². The second kappa shape index (κ2) is 5.40. The molecule has 0 spiro atoms. The lowest BCUT2D eigenvalue weighted by Gasteiger charge is -2.24. The summed E-state index contributed by atoms with van der Waals surface area (Å²) in [4.78, 5) is 26.9. The molecule has 1 aromatic heterocycles. The average molecular weight is 239 g/mol. The molecule has 0 fully saturated rings. The van der Waals surface area contributed by atoms with Gasteiger partial charge in [0.15, 0.2) is 0 Å². The van der Waals surface area contributed by atoms with E-state index >= 15 is 0 Å². The topological polar surface area (TPSA) is 85.7 Å². The van der Waals surface area contributed by atoms with E-state index in [2.05, 4.69) is 4.98 Å². The van der Waals surface area contributed by atoms with Crippen LogP contribution in [0.5, 0.6) is 0 Å². The highest BCUT2D eigenvalue weighted by atomic mass is 16.6. The van der Waals surface area contributed by atoms with Crippen molar-refractivity contribution < 1.29 is 24.2 Å². The molecule has 0 aliphatic heterocycles. The highest BCUT2D eigenvalue weighted by molar-refractivity contribution is 6.03. The van der Waals surface area contributed by atoms with Crippen LogP contribution in [0.4, 0.5) is 0 Å². The van der Waals surface area contributed by atoms with Gasteiger partial charge < -0.3 is 14.6 Å². The number of esters is 1. The summed E-state index contributed by atoms with van der Waals surface area (Å²) in [6.07, 6.45) is 1.38. The normalized spacial score (nSPS) is 13.8. The van der Waals surface area contributed by atoms with Crippen molar-refractivity contribution in [1.29, 1.82) is 0 Å². The number of carboxylic acid groups (broad SMARTS) is 1. The van der Waals surface area contributed by atoms with Gasteiger partial charge in [-0.25, -0.2) is 9.59 Å². The maximum absolute atomic E-state index is 11.8. The summed E-state index contributed by atoms with van der Waals surface area (Å²) in [5.41, 5.74) is -2.23. The molecule has 1 heterocycles. The van der Waals surface area contributed by atoms with Gasteiger partial charge in [0.25, 0.3) is 0 Å². The number of ether oxygens (including phenoxy) is 2. The molecule has 1 atom stereocenters. The fourth-order valence-electron chi connectivity index (χ4n) is 1.38. The number of aromatic nitrogens is 1. The zero-order valence-electron chi connectivity index (χ0n) is 9.54. The van der Waals surface area contributed by atoms with E-state index in [0.717, 1.165) is 7.11 Å². The first-order valence-electron chi connectivity index (χ1n) is 4.96. The quantitative estimate of drug-likeness (QED) is 0.597. The molecule has 6 heteroatoms. The number of carbonyl (C=O) groups is 2. The van der Waals surface area contributed by atoms with Crippen LogP contribution in [-0.2, 0) is 24.7 Å². The predicted molar refractivity (Wildman–Crippen MR) is 57.2 cm³/mol. The van der Waals surface area contributed by atoms with Gasteiger partial charge in [0.2, 0.25) is 0 Å². The zero-order chi connectivity index (χ0) is 12.9. The third-order valence-electron chi connectivity index (χ3n) is 2.20. The van der Waals surface area contributed by atoms with E-state index in [4.69, 9.17) is 9.47 Å². The smallest absolute Gasteiger partial charge is 0.356 e. The Morgan fingerprint density at radius 1 is 1.47 bits per heavy atom. The molecule has 6 nitrogen and oxygen atoms in total. The summed E-state index contributed by atoms with van der Waals surface area (Å²) in [6, 6.07) is 4.57. The van der Waals surface area contributed by atoms with Crippen LogP contribution in [0.2, 0.25) is 0 Å². The Balaban J connectivity index is 3.28. The monoisotopic (exact) mass is 239 g/mol. The number of rotatable bonds is 5. The maximum atomic E-state index is 11.8. The van der Waals surface area contributed by atoms with Crippen molar-refractivity contribution in [2.45, 2.75) is 12.5 Å². The van der Waals surface area contributed by atoms with E-state index < -0.39 is 17.5 Å². The number of hydrogen-bond donors (Lipinski definition) is 1. The molecule has 1 unspecified atom stereocenters. The molecule has 0 aromatic carbocycles. The minimum absolute atomic E-state index is 0.0200. The lowest BCUT2D eigenvalue weighted by molar-refractivity contribution is -0.185. The van der Waals surface area contributed by atoms with Crippen LogP contribution >= 0.6 is 0 Å². The zero-order valence-corrected chi connectivity index (χ0v) is 9.54. The Hall–Kier alpha value is -1.95. The van der Waals surface area contributed by atoms with Gasteiger partial charge in [-0.3, -0.25) is 4.98 Å². The SMILES string of the molecule is CCOC(=O)C(OC)(C(=O)O)c1ccccn1. The minimum Gasteiger partial charge on any atom is -0.478 e. The van der Waals surface area contributed by atoms with Crippen LogP contribution in [-0.4, -0.2) is 35.7 Å². The van der Waals surface area contributed by atoms with Gasteiger partial charge in [-0.1, -0.05) is 6.07 Å². The average Bonchev–Trinajstić information content (AvgIpc) is 2.32. The van der Waals surface area contributed by atoms with Gasteiger partial charge >= 0.3 is 17.5 Å². The van der Waals surface area contributed by atoms with Crippen molar-refractivity contribution >= 4 is 11.9 Å². The van der Waals surface area contributed by atoms with Crippen molar-refractivity contribution in [2.24, 2.45) is 0 Å². The van der Waals surface area contributed by atoms with Crippen molar-refractivity contribution in [3.8, 4) is 0 Å². The number of pyridine rings is 1. The molecule has 1 N–H and O–H groups in total. The summed E-state index contributed by atoms with van der Waals surface area (Å²) in [5, 5.41) is 9.21. The van der Waals surface area contributed by atoms with E-state index in [-0.39, 0.29) is 12.3 Å². The van der Waals surface area contributed by atoms with Gasteiger partial charge in [-0.2, -0.15) is 0 Å². The number of methoxy groups -OCH3 is 1. The number of aliphatic carboxylic acids is 1. The van der Waals surface area contributed by atoms with Gasteiger partial charge in [0.05, 0.1) is 12.3 Å². The highest BCUT2D eigenvalue weighted by Gasteiger charge is 2.51. The van der Waals surface area contributed by atoms with Gasteiger partial charge in [0, 0.05) is 13.3 Å². The van der Waals surface area contributed by atoms with Crippen LogP contribution in [0, 0.1) is 0 Å². The second-order valence-electron chi connectivity index (χ2n) is 3.13. The van der Waals surface area contributed by atoms with Gasteiger partial charge in [-0.15, -0.1) is 0 Å². The highest BCUT2D eigenvalue weighted by Crippen LogP contribution is 2.25. The fourth-order valence-corrected chi connectivity index (χ4v) is 1.38. The van der Waals surface area contributed by atoms with E-state index in [0.29, 0.717) is 0 Å². The predicted octanol–water partition coefficient (Wildman–Crippen LogP) is 0.571. The van der Waals surface area contributed by atoms with Crippen LogP contribution in [0.3, 0.4) is 0 Å². The Labute approximate surface area is 98.2 Å². The first-order chi connectivity index (χ1) is 8.09. The van der Waals surface area contributed by atoms with Crippen LogP contribution < -0.4 is 0 Å². The van der Waals surface area contributed by atoms with Gasteiger partial charge in [0.1, 0.15) is 0 Å². The van der Waals surface area contributed by atoms with Crippen molar-refractivity contribution in [1.82, 2.24) is 4.98 Å². The summed E-state index contributed by atoms with van der Waals surface area (Å²) >= 11 is 0. The second-order valence-corrected chi connectivity index (χ2v) is 3.13. The summed E-state index contributed by atoms with van der Waals surface area (Å²) in [5.74, 6) is -2.45. The molecule has 0 aliphatic rings. The molecular weight excluding hydrogens is 226 g/mol. The van der Waals surface area contributed by atoms with E-state index in [1.807, 2.05) is 0 Å². The Kier molecular flexibility index (Phi) is 4.17. The van der Waals surface area contributed by atoms with Crippen molar-refractivity contribution in [3.05, 3.63) is 30.1 Å². The standard InChI is InChI=1S/C11H13NO5/c1-3-17-10(15)11(16-2,9(13)14)8-6-4-5-7-12-8/h4-7H,3H2,1-2H3,(H,13,14). The summed E-state index contributed by atoms with van der Waals surface area (Å²) in [7, 11) is 1.12. The summed E-state index contributed by atoms with van der Waals surface area (Å²) < 4.78 is 9.59. The number of hydrogen-bond acceptors (Lipinski definition) is 5. The van der Waals surface area contributed by atoms with Crippen LogP contribution in [0.25, 0.3) is 0 Å². The Bertz CT molecular complexity index is 406. The van der Waals surface area contributed by atoms with E-state index in [9.17, 15) is 14.7 Å². The first-order valence-corrected chi connectivity index (χ1v) is 4.96. The lowest BCUT2D eigenvalue weighted by atomic mass is 9.99. The Morgan fingerprint density at radius 3 is 2.59 bits per heavy atom. The van der Waals surface area contributed by atoms with Gasteiger partial charge in [-0.05, 0) is 19.1 Å². The number of carbonyl (C=O) groups excluding carboxylic acids is 1. The molecule has 0 aliphatic carbocycles. The largest absolute Gasteiger partial charge is 0.478 e. The van der Waals surface area contributed by atoms with Crippen molar-refractivity contribution in [2.75, 3.05) is 13.7 Å². The van der Waals surface area contributed by atoms with Crippen molar-refractivity contribution in [3.63, 3.8) is 0 Å². The molecule has 17 heavy (non-hydrogen) atoms. The number of carboxylic acids is 1. The fraction of sp³-hybridized carbons (Fsp3) is 0.364. The molecule has 1 aromatic rings. The van der Waals surface area contributed by atoms with E-state index in [1.165, 1.54) is 12.3 Å². The third-order valence-corrected chi connectivity index (χ3v) is 2.20. The molecule has 1 rings (SSSR count). The first kappa shape index (κ1) is 13.1. The van der Waals surface area contributed by atoms with Crippen LogP contribution in [0.15, 0.2) is 24.4 Å². The molecule has 0 radical (unpaired) electrons.